The fourth-order valence-corrected chi connectivity index (χ4v) is 3.43. The Kier molecular flexibility index (Phi) is 6.65. The molecule has 0 amide bonds. The van der Waals surface area contributed by atoms with E-state index in [0.717, 1.165) is 31.2 Å². The van der Waals surface area contributed by atoms with Crippen LogP contribution in [0.25, 0.3) is 0 Å². The van der Waals surface area contributed by atoms with E-state index in [1.54, 1.807) is 0 Å². The fourth-order valence-electron chi connectivity index (χ4n) is 3.43. The smallest absolute Gasteiger partial charge is 0.0547 e. The third-order valence-electron chi connectivity index (χ3n) is 4.51. The topological polar surface area (TPSA) is 28.2 Å². The lowest BCUT2D eigenvalue weighted by Gasteiger charge is -2.29. The summed E-state index contributed by atoms with van der Waals surface area (Å²) >= 11 is 0. The molecular formula is C18H31N3. The van der Waals surface area contributed by atoms with E-state index < -0.39 is 0 Å². The maximum Gasteiger partial charge on any atom is 0.0547 e. The molecule has 1 atom stereocenters. The molecule has 0 aromatic carbocycles. The van der Waals surface area contributed by atoms with Crippen molar-refractivity contribution < 1.29 is 0 Å². The number of hydrogen-bond acceptors (Lipinski definition) is 3. The molecule has 0 spiro atoms. The van der Waals surface area contributed by atoms with E-state index >= 15 is 0 Å². The lowest BCUT2D eigenvalue weighted by molar-refractivity contribution is 0.233. The molecule has 118 valence electrons. The van der Waals surface area contributed by atoms with Gasteiger partial charge in [-0.3, -0.25) is 9.88 Å². The summed E-state index contributed by atoms with van der Waals surface area (Å²) in [6.45, 7) is 7.52. The highest BCUT2D eigenvalue weighted by atomic mass is 15.1. The number of pyridine rings is 1. The molecule has 1 saturated carbocycles. The van der Waals surface area contributed by atoms with Crippen molar-refractivity contribution in [2.75, 3.05) is 20.1 Å². The van der Waals surface area contributed by atoms with Crippen LogP contribution in [0.2, 0.25) is 0 Å². The monoisotopic (exact) mass is 289 g/mol. The molecule has 1 N–H and O–H groups in total. The van der Waals surface area contributed by atoms with Gasteiger partial charge in [0.2, 0.25) is 0 Å². The molecule has 1 aromatic heterocycles. The second-order valence-electron chi connectivity index (χ2n) is 6.57. The van der Waals surface area contributed by atoms with Crippen molar-refractivity contribution >= 4 is 0 Å². The number of hydrogen-bond donors (Lipinski definition) is 1. The summed E-state index contributed by atoms with van der Waals surface area (Å²) in [4.78, 5) is 7.04. The highest BCUT2D eigenvalue weighted by Crippen LogP contribution is 2.28. The van der Waals surface area contributed by atoms with E-state index in [9.17, 15) is 0 Å². The second kappa shape index (κ2) is 8.50. The number of aromatic nitrogens is 1. The van der Waals surface area contributed by atoms with Crippen LogP contribution in [0.1, 0.15) is 50.4 Å². The first kappa shape index (κ1) is 16.4. The van der Waals surface area contributed by atoms with Crippen LogP contribution in [-0.2, 0) is 6.54 Å². The zero-order valence-electron chi connectivity index (χ0n) is 13.9. The van der Waals surface area contributed by atoms with Crippen LogP contribution in [-0.4, -0.2) is 36.1 Å². The van der Waals surface area contributed by atoms with E-state index in [1.807, 2.05) is 0 Å². The molecule has 3 nitrogen and oxygen atoms in total. The van der Waals surface area contributed by atoms with Gasteiger partial charge in [0.05, 0.1) is 5.69 Å². The van der Waals surface area contributed by atoms with Crippen molar-refractivity contribution in [1.82, 2.24) is 15.2 Å². The Labute approximate surface area is 130 Å². The first-order chi connectivity index (χ1) is 10.2. The highest BCUT2D eigenvalue weighted by molar-refractivity contribution is 5.09. The van der Waals surface area contributed by atoms with Gasteiger partial charge in [-0.2, -0.15) is 0 Å². The molecule has 0 saturated heterocycles. The van der Waals surface area contributed by atoms with Crippen molar-refractivity contribution in [3.8, 4) is 0 Å². The molecule has 1 aliphatic carbocycles. The van der Waals surface area contributed by atoms with Crippen LogP contribution in [0.4, 0.5) is 0 Å². The summed E-state index contributed by atoms with van der Waals surface area (Å²) in [5.41, 5.74) is 2.29. The predicted molar refractivity (Wildman–Crippen MR) is 89.3 cm³/mol. The lowest BCUT2D eigenvalue weighted by atomic mass is 9.97. The molecule has 3 heteroatoms. The molecule has 0 radical (unpaired) electrons. The lowest BCUT2D eigenvalue weighted by Crippen LogP contribution is -2.44. The Hall–Kier alpha value is -0.930. The molecule has 2 rings (SSSR count). The molecule has 1 fully saturated rings. The van der Waals surface area contributed by atoms with Gasteiger partial charge in [0.15, 0.2) is 0 Å². The first-order valence-electron chi connectivity index (χ1n) is 8.53. The van der Waals surface area contributed by atoms with Gasteiger partial charge < -0.3 is 5.32 Å². The summed E-state index contributed by atoms with van der Waals surface area (Å²) in [6.07, 6.45) is 6.85. The van der Waals surface area contributed by atoms with Crippen molar-refractivity contribution in [3.63, 3.8) is 0 Å². The van der Waals surface area contributed by atoms with E-state index in [2.05, 4.69) is 54.3 Å². The molecule has 1 aliphatic rings. The zero-order valence-corrected chi connectivity index (χ0v) is 13.9. The quantitative estimate of drug-likeness (QED) is 0.795. The van der Waals surface area contributed by atoms with Crippen molar-refractivity contribution in [2.24, 2.45) is 5.92 Å². The largest absolute Gasteiger partial charge is 0.312 e. The molecule has 1 aromatic rings. The minimum atomic E-state index is 0.641. The van der Waals surface area contributed by atoms with Crippen LogP contribution in [0, 0.1) is 12.8 Å². The van der Waals surface area contributed by atoms with E-state index in [-0.39, 0.29) is 0 Å². The van der Waals surface area contributed by atoms with Gasteiger partial charge >= 0.3 is 0 Å². The Morgan fingerprint density at radius 1 is 1.33 bits per heavy atom. The average molecular weight is 289 g/mol. The summed E-state index contributed by atoms with van der Waals surface area (Å²) in [7, 11) is 2.22. The first-order valence-corrected chi connectivity index (χ1v) is 8.53. The maximum atomic E-state index is 4.62. The van der Waals surface area contributed by atoms with Gasteiger partial charge in [-0.15, -0.1) is 0 Å². The van der Waals surface area contributed by atoms with E-state index in [1.165, 1.54) is 37.8 Å². The van der Waals surface area contributed by atoms with Crippen molar-refractivity contribution in [1.29, 1.82) is 0 Å². The third kappa shape index (κ3) is 5.40. The number of likely N-dealkylation sites (N-methyl/N-ethyl adjacent to an activating group) is 1. The minimum absolute atomic E-state index is 0.641. The standard InChI is InChI=1S/C18H31N3/c1-4-12-19-18(16-9-5-6-10-16)14-21(3)13-17-11-7-8-15(2)20-17/h7-8,11,16,18-19H,4-6,9-10,12-14H2,1-3H3. The van der Waals surface area contributed by atoms with Crippen LogP contribution in [0.15, 0.2) is 18.2 Å². The average Bonchev–Trinajstić information content (AvgIpc) is 2.97. The normalized spacial score (nSPS) is 17.5. The zero-order chi connectivity index (χ0) is 15.1. The van der Waals surface area contributed by atoms with Crippen LogP contribution < -0.4 is 5.32 Å². The van der Waals surface area contributed by atoms with Crippen LogP contribution in [0.3, 0.4) is 0 Å². The predicted octanol–water partition coefficient (Wildman–Crippen LogP) is 3.38. The molecule has 1 unspecified atom stereocenters. The Bertz CT molecular complexity index is 413. The molecule has 0 aliphatic heterocycles. The number of nitrogens with zero attached hydrogens (tertiary/aromatic N) is 2. The van der Waals surface area contributed by atoms with Gasteiger partial charge in [0.1, 0.15) is 0 Å². The third-order valence-corrected chi connectivity index (χ3v) is 4.51. The molecule has 21 heavy (non-hydrogen) atoms. The van der Waals surface area contributed by atoms with E-state index in [4.69, 9.17) is 0 Å². The van der Waals surface area contributed by atoms with Crippen LogP contribution >= 0.6 is 0 Å². The molecule has 1 heterocycles. The van der Waals surface area contributed by atoms with Gasteiger partial charge in [0, 0.05) is 24.8 Å². The SMILES string of the molecule is CCCNC(CN(C)Cc1cccc(C)n1)C1CCCC1. The minimum Gasteiger partial charge on any atom is -0.312 e. The number of aryl methyl sites for hydroxylation is 1. The number of nitrogens with one attached hydrogen (secondary N) is 1. The van der Waals surface area contributed by atoms with Gasteiger partial charge in [0.25, 0.3) is 0 Å². The van der Waals surface area contributed by atoms with Crippen LogP contribution in [0.5, 0.6) is 0 Å². The Balaban J connectivity index is 1.88. The fraction of sp³-hybridized carbons (Fsp3) is 0.722. The number of rotatable bonds is 8. The summed E-state index contributed by atoms with van der Waals surface area (Å²) in [5, 5.41) is 3.78. The summed E-state index contributed by atoms with van der Waals surface area (Å²) < 4.78 is 0. The molecular weight excluding hydrogens is 258 g/mol. The summed E-state index contributed by atoms with van der Waals surface area (Å²) in [5.74, 6) is 0.865. The highest BCUT2D eigenvalue weighted by Gasteiger charge is 2.25. The molecule has 0 bridgehead atoms. The maximum absolute atomic E-state index is 4.62. The second-order valence-corrected chi connectivity index (χ2v) is 6.57. The Morgan fingerprint density at radius 3 is 2.76 bits per heavy atom. The van der Waals surface area contributed by atoms with Crippen molar-refractivity contribution in [2.45, 2.75) is 58.5 Å². The van der Waals surface area contributed by atoms with Gasteiger partial charge in [-0.05, 0) is 57.8 Å². The van der Waals surface area contributed by atoms with Crippen molar-refractivity contribution in [3.05, 3.63) is 29.6 Å². The summed E-state index contributed by atoms with van der Waals surface area (Å²) in [6, 6.07) is 6.94. The van der Waals surface area contributed by atoms with Gasteiger partial charge in [-0.1, -0.05) is 25.8 Å². The van der Waals surface area contributed by atoms with Gasteiger partial charge in [-0.25, -0.2) is 0 Å². The van der Waals surface area contributed by atoms with E-state index in [0.29, 0.717) is 6.04 Å². The Morgan fingerprint density at radius 2 is 2.10 bits per heavy atom.